The van der Waals surface area contributed by atoms with Crippen molar-refractivity contribution in [2.45, 2.75) is 62.8 Å². The maximum Gasteiger partial charge on any atom is 0.174 e. The molecule has 0 amide bonds. The van der Waals surface area contributed by atoms with Gasteiger partial charge in [0.25, 0.3) is 0 Å². The Hall–Kier alpha value is -0.810. The van der Waals surface area contributed by atoms with Crippen LogP contribution in [0.3, 0.4) is 0 Å². The number of hydrogen-bond donors (Lipinski definition) is 0. The smallest absolute Gasteiger partial charge is 0.174 e. The highest BCUT2D eigenvalue weighted by Gasteiger charge is 2.35. The lowest BCUT2D eigenvalue weighted by molar-refractivity contribution is 0.0959. The van der Waals surface area contributed by atoms with Crippen molar-refractivity contribution >= 4 is 11.4 Å². The fraction of sp³-hybridized carbons (Fsp3) is 0.600. The lowest BCUT2D eigenvalue weighted by Gasteiger charge is -2.25. The minimum atomic E-state index is -1.07. The molecule has 0 aliphatic carbocycles. The van der Waals surface area contributed by atoms with Crippen molar-refractivity contribution in [1.29, 1.82) is 0 Å². The van der Waals surface area contributed by atoms with E-state index in [9.17, 15) is 4.55 Å². The van der Waals surface area contributed by atoms with Gasteiger partial charge >= 0.3 is 0 Å². The second kappa shape index (κ2) is 10.9. The molecule has 1 fully saturated rings. The normalized spacial score (nSPS) is 19.5. The molecule has 1 saturated heterocycles. The summed E-state index contributed by atoms with van der Waals surface area (Å²) in [7, 11) is 0. The van der Waals surface area contributed by atoms with Crippen LogP contribution in [0.5, 0.6) is 0 Å². The SMILES string of the molecule is C=CCCCCCCOC[C@@H]1CCCN1[S+]([O-])c1ccc(C)cc1. The first-order valence-corrected chi connectivity index (χ1v) is 10.3. The largest absolute Gasteiger partial charge is 0.593 e. The summed E-state index contributed by atoms with van der Waals surface area (Å²) in [5.41, 5.74) is 1.20. The van der Waals surface area contributed by atoms with Gasteiger partial charge in [-0.15, -0.1) is 10.9 Å². The number of hydrogen-bond acceptors (Lipinski definition) is 3. The van der Waals surface area contributed by atoms with Gasteiger partial charge in [-0.1, -0.05) is 36.6 Å². The van der Waals surface area contributed by atoms with Gasteiger partial charge in [-0.25, -0.2) is 0 Å². The Bertz CT molecular complexity index is 477. The Kier molecular flexibility index (Phi) is 8.89. The van der Waals surface area contributed by atoms with E-state index >= 15 is 0 Å². The number of ether oxygens (including phenoxy) is 1. The molecule has 0 radical (unpaired) electrons. The first-order chi connectivity index (χ1) is 11.7. The van der Waals surface area contributed by atoms with Gasteiger partial charge in [0.1, 0.15) is 0 Å². The zero-order valence-corrected chi connectivity index (χ0v) is 15.7. The van der Waals surface area contributed by atoms with Crippen LogP contribution in [0.1, 0.15) is 50.5 Å². The van der Waals surface area contributed by atoms with Crippen molar-refractivity contribution in [3.05, 3.63) is 42.5 Å². The van der Waals surface area contributed by atoms with E-state index in [1.54, 1.807) is 0 Å². The zero-order valence-electron chi connectivity index (χ0n) is 14.9. The molecular formula is C20H31NO2S. The average molecular weight is 350 g/mol. The van der Waals surface area contributed by atoms with E-state index in [2.05, 4.69) is 17.8 Å². The molecule has 4 heteroatoms. The fourth-order valence-corrected chi connectivity index (χ4v) is 4.42. The molecule has 1 aliphatic rings. The molecule has 1 heterocycles. The van der Waals surface area contributed by atoms with E-state index in [0.717, 1.165) is 43.7 Å². The van der Waals surface area contributed by atoms with Gasteiger partial charge < -0.3 is 9.29 Å². The maximum atomic E-state index is 12.8. The quantitative estimate of drug-likeness (QED) is 0.332. The molecule has 24 heavy (non-hydrogen) atoms. The van der Waals surface area contributed by atoms with Crippen LogP contribution < -0.4 is 0 Å². The second-order valence-electron chi connectivity index (χ2n) is 6.57. The maximum absolute atomic E-state index is 12.8. The van der Waals surface area contributed by atoms with Crippen LogP contribution in [0, 0.1) is 6.92 Å². The van der Waals surface area contributed by atoms with Crippen molar-refractivity contribution in [2.75, 3.05) is 19.8 Å². The van der Waals surface area contributed by atoms with Crippen molar-refractivity contribution < 1.29 is 9.29 Å². The molecule has 2 rings (SSSR count). The van der Waals surface area contributed by atoms with E-state index in [0.29, 0.717) is 6.61 Å². The summed E-state index contributed by atoms with van der Waals surface area (Å²) in [5, 5.41) is 0. The number of aryl methyl sites for hydroxylation is 1. The monoisotopic (exact) mass is 349 g/mol. The van der Waals surface area contributed by atoms with Gasteiger partial charge in [0.15, 0.2) is 4.90 Å². The highest BCUT2D eigenvalue weighted by atomic mass is 32.2. The molecule has 1 unspecified atom stereocenters. The van der Waals surface area contributed by atoms with Crippen molar-refractivity contribution in [2.24, 2.45) is 0 Å². The summed E-state index contributed by atoms with van der Waals surface area (Å²) in [4.78, 5) is 0.898. The molecule has 1 aliphatic heterocycles. The molecule has 2 atom stereocenters. The number of nitrogens with zero attached hydrogens (tertiary/aromatic N) is 1. The third-order valence-corrected chi connectivity index (χ3v) is 6.10. The van der Waals surface area contributed by atoms with Crippen LogP contribution in [-0.4, -0.2) is 34.7 Å². The topological polar surface area (TPSA) is 35.5 Å². The van der Waals surface area contributed by atoms with Crippen molar-refractivity contribution in [3.8, 4) is 0 Å². The number of benzene rings is 1. The molecule has 0 aromatic heterocycles. The van der Waals surface area contributed by atoms with E-state index in [1.165, 1.54) is 24.8 Å². The highest BCUT2D eigenvalue weighted by Crippen LogP contribution is 2.26. The summed E-state index contributed by atoms with van der Waals surface area (Å²) >= 11 is -1.07. The predicted molar refractivity (Wildman–Crippen MR) is 101 cm³/mol. The van der Waals surface area contributed by atoms with E-state index in [1.807, 2.05) is 30.3 Å². The van der Waals surface area contributed by atoms with Gasteiger partial charge in [-0.3, -0.25) is 0 Å². The minimum Gasteiger partial charge on any atom is -0.593 e. The van der Waals surface area contributed by atoms with Crippen LogP contribution in [-0.2, 0) is 16.1 Å². The molecule has 1 aromatic rings. The standard InChI is InChI=1S/C20H31NO2S/c1-3-4-5-6-7-8-16-23-17-19-10-9-15-21(19)24(22)20-13-11-18(2)12-14-20/h3,11-14,19H,1,4-10,15-17H2,2H3/t19-,24?/m0/s1. The van der Waals surface area contributed by atoms with Gasteiger partial charge in [0.05, 0.1) is 24.0 Å². The predicted octanol–water partition coefficient (Wildman–Crippen LogP) is 4.64. The van der Waals surface area contributed by atoms with E-state index < -0.39 is 11.4 Å². The summed E-state index contributed by atoms with van der Waals surface area (Å²) in [6.45, 7) is 8.21. The molecule has 0 spiro atoms. The Labute approximate surface area is 150 Å². The van der Waals surface area contributed by atoms with Gasteiger partial charge in [0, 0.05) is 13.2 Å². The number of allylic oxidation sites excluding steroid dienone is 1. The Morgan fingerprint density at radius 1 is 1.25 bits per heavy atom. The number of rotatable bonds is 11. The molecule has 0 saturated carbocycles. The summed E-state index contributed by atoms with van der Waals surface area (Å²) in [5.74, 6) is 0. The zero-order chi connectivity index (χ0) is 17.2. The first-order valence-electron chi connectivity index (χ1n) is 9.16. The Morgan fingerprint density at radius 2 is 2.00 bits per heavy atom. The molecule has 0 N–H and O–H groups in total. The molecular weight excluding hydrogens is 318 g/mol. The van der Waals surface area contributed by atoms with Crippen molar-refractivity contribution in [1.82, 2.24) is 4.31 Å². The van der Waals surface area contributed by atoms with Gasteiger partial charge in [0.2, 0.25) is 0 Å². The van der Waals surface area contributed by atoms with Gasteiger partial charge in [-0.2, -0.15) is 0 Å². The van der Waals surface area contributed by atoms with E-state index in [4.69, 9.17) is 4.74 Å². The Morgan fingerprint density at radius 3 is 2.75 bits per heavy atom. The second-order valence-corrected chi connectivity index (χ2v) is 8.00. The molecule has 3 nitrogen and oxygen atoms in total. The van der Waals surface area contributed by atoms with Gasteiger partial charge in [-0.05, 0) is 51.2 Å². The molecule has 134 valence electrons. The third kappa shape index (κ3) is 6.25. The molecule has 0 bridgehead atoms. The first kappa shape index (κ1) is 19.5. The lowest BCUT2D eigenvalue weighted by Crippen LogP contribution is -2.38. The minimum absolute atomic E-state index is 0.285. The average Bonchev–Trinajstić information content (AvgIpc) is 3.06. The Balaban J connectivity index is 1.69. The third-order valence-electron chi connectivity index (χ3n) is 4.52. The van der Waals surface area contributed by atoms with Crippen LogP contribution in [0.4, 0.5) is 0 Å². The van der Waals surface area contributed by atoms with Crippen LogP contribution in [0.25, 0.3) is 0 Å². The summed E-state index contributed by atoms with van der Waals surface area (Å²) < 4.78 is 20.7. The fourth-order valence-electron chi connectivity index (χ4n) is 3.05. The molecule has 1 aromatic carbocycles. The lowest BCUT2D eigenvalue weighted by atomic mass is 10.1. The summed E-state index contributed by atoms with van der Waals surface area (Å²) in [6.07, 6.45) is 10.1. The summed E-state index contributed by atoms with van der Waals surface area (Å²) in [6, 6.07) is 8.30. The van der Waals surface area contributed by atoms with Crippen LogP contribution in [0.2, 0.25) is 0 Å². The van der Waals surface area contributed by atoms with Crippen LogP contribution in [0.15, 0.2) is 41.8 Å². The number of unbranched alkanes of at least 4 members (excludes halogenated alkanes) is 4. The van der Waals surface area contributed by atoms with Crippen LogP contribution >= 0.6 is 0 Å². The van der Waals surface area contributed by atoms with Crippen molar-refractivity contribution in [3.63, 3.8) is 0 Å². The highest BCUT2D eigenvalue weighted by molar-refractivity contribution is 7.89. The van der Waals surface area contributed by atoms with E-state index in [-0.39, 0.29) is 6.04 Å².